The highest BCUT2D eigenvalue weighted by Gasteiger charge is 2.28. The standard InChI is InChI=1S/C22H28N2O3/c1-15-9-10-16(13-23-15)18-7-6-8-19-17(11-12-26-20(18)19)14-24(5)21(25)27-22(2,3)4/h6-10,13,17H,11-12,14H2,1-5H3/t17-/m0/s1. The molecule has 1 atom stereocenters. The van der Waals surface area contributed by atoms with Gasteiger partial charge in [0.2, 0.25) is 0 Å². The van der Waals surface area contributed by atoms with E-state index in [0.29, 0.717) is 13.2 Å². The molecule has 1 aliphatic rings. The number of aromatic nitrogens is 1. The number of carbonyl (C=O) groups is 1. The minimum atomic E-state index is -0.495. The van der Waals surface area contributed by atoms with Crippen LogP contribution in [-0.2, 0) is 4.74 Å². The molecule has 0 fully saturated rings. The van der Waals surface area contributed by atoms with Crippen molar-refractivity contribution >= 4 is 6.09 Å². The van der Waals surface area contributed by atoms with Crippen LogP contribution in [-0.4, -0.2) is 41.8 Å². The maximum absolute atomic E-state index is 12.3. The predicted octanol–water partition coefficient (Wildman–Crippen LogP) is 4.79. The molecule has 1 aromatic carbocycles. The van der Waals surface area contributed by atoms with E-state index >= 15 is 0 Å². The summed E-state index contributed by atoms with van der Waals surface area (Å²) in [6.07, 6.45) is 2.45. The SMILES string of the molecule is Cc1ccc(-c2cccc3c2OCC[C@H]3CN(C)C(=O)OC(C)(C)C)cn1. The molecule has 0 unspecified atom stereocenters. The summed E-state index contributed by atoms with van der Waals surface area (Å²) < 4.78 is 11.5. The van der Waals surface area contributed by atoms with Crippen LogP contribution in [0.1, 0.15) is 44.4 Å². The van der Waals surface area contributed by atoms with Crippen LogP contribution in [0, 0.1) is 6.92 Å². The van der Waals surface area contributed by atoms with Crippen molar-refractivity contribution in [3.63, 3.8) is 0 Å². The molecule has 1 amide bonds. The van der Waals surface area contributed by atoms with Gasteiger partial charge >= 0.3 is 6.09 Å². The second-order valence-electron chi connectivity index (χ2n) is 8.11. The van der Waals surface area contributed by atoms with Crippen LogP contribution < -0.4 is 4.74 Å². The number of para-hydroxylation sites is 1. The zero-order valence-corrected chi connectivity index (χ0v) is 16.8. The smallest absolute Gasteiger partial charge is 0.410 e. The Bertz CT molecular complexity index is 809. The number of ether oxygens (including phenoxy) is 2. The lowest BCUT2D eigenvalue weighted by atomic mass is 9.89. The van der Waals surface area contributed by atoms with Gasteiger partial charge in [0.1, 0.15) is 11.4 Å². The van der Waals surface area contributed by atoms with Crippen molar-refractivity contribution in [3.8, 4) is 16.9 Å². The minimum Gasteiger partial charge on any atom is -0.493 e. The Kier molecular flexibility index (Phi) is 5.40. The Morgan fingerprint density at radius 2 is 2.07 bits per heavy atom. The number of hydrogen-bond donors (Lipinski definition) is 0. The van der Waals surface area contributed by atoms with Gasteiger partial charge in [0.25, 0.3) is 0 Å². The third-order valence-corrected chi connectivity index (χ3v) is 4.62. The van der Waals surface area contributed by atoms with Gasteiger partial charge in [-0.1, -0.05) is 24.3 Å². The fourth-order valence-electron chi connectivity index (χ4n) is 3.29. The van der Waals surface area contributed by atoms with Gasteiger partial charge in [-0.2, -0.15) is 0 Å². The van der Waals surface area contributed by atoms with Crippen molar-refractivity contribution in [2.45, 2.75) is 45.6 Å². The highest BCUT2D eigenvalue weighted by molar-refractivity contribution is 5.72. The summed E-state index contributed by atoms with van der Waals surface area (Å²) in [5.74, 6) is 1.11. The molecule has 5 heteroatoms. The molecule has 27 heavy (non-hydrogen) atoms. The van der Waals surface area contributed by atoms with Crippen LogP contribution in [0.5, 0.6) is 5.75 Å². The maximum Gasteiger partial charge on any atom is 0.410 e. The van der Waals surface area contributed by atoms with Crippen LogP contribution in [0.15, 0.2) is 36.5 Å². The number of fused-ring (bicyclic) bond motifs is 1. The molecular weight excluding hydrogens is 340 g/mol. The van der Waals surface area contributed by atoms with E-state index in [0.717, 1.165) is 34.6 Å². The third-order valence-electron chi connectivity index (χ3n) is 4.62. The van der Waals surface area contributed by atoms with Crippen LogP contribution in [0.25, 0.3) is 11.1 Å². The number of likely N-dealkylation sites (N-methyl/N-ethyl adjacent to an activating group) is 1. The monoisotopic (exact) mass is 368 g/mol. The Balaban J connectivity index is 1.83. The summed E-state index contributed by atoms with van der Waals surface area (Å²) in [5.41, 5.74) is 3.71. The first-order valence-corrected chi connectivity index (χ1v) is 9.37. The van der Waals surface area contributed by atoms with E-state index in [-0.39, 0.29) is 12.0 Å². The third kappa shape index (κ3) is 4.59. The number of hydrogen-bond acceptors (Lipinski definition) is 4. The Morgan fingerprint density at radius 3 is 2.74 bits per heavy atom. The first-order valence-electron chi connectivity index (χ1n) is 9.37. The van der Waals surface area contributed by atoms with Gasteiger partial charge in [0, 0.05) is 42.5 Å². The number of aryl methyl sites for hydroxylation is 1. The zero-order valence-electron chi connectivity index (χ0n) is 16.8. The van der Waals surface area contributed by atoms with E-state index in [1.165, 1.54) is 0 Å². The second kappa shape index (κ2) is 7.59. The lowest BCUT2D eigenvalue weighted by molar-refractivity contribution is 0.0281. The van der Waals surface area contributed by atoms with Crippen molar-refractivity contribution in [2.75, 3.05) is 20.2 Å². The minimum absolute atomic E-state index is 0.213. The Morgan fingerprint density at radius 1 is 1.30 bits per heavy atom. The summed E-state index contributed by atoms with van der Waals surface area (Å²) in [6.45, 7) is 8.85. The molecule has 1 aromatic heterocycles. The summed E-state index contributed by atoms with van der Waals surface area (Å²) in [5, 5.41) is 0. The van der Waals surface area contributed by atoms with Gasteiger partial charge in [-0.3, -0.25) is 4.98 Å². The van der Waals surface area contributed by atoms with E-state index in [4.69, 9.17) is 9.47 Å². The van der Waals surface area contributed by atoms with Gasteiger partial charge in [-0.15, -0.1) is 0 Å². The van der Waals surface area contributed by atoms with E-state index in [1.807, 2.05) is 46.0 Å². The number of nitrogens with zero attached hydrogens (tertiary/aromatic N) is 2. The zero-order chi connectivity index (χ0) is 19.6. The predicted molar refractivity (Wildman–Crippen MR) is 106 cm³/mol. The number of carbonyl (C=O) groups excluding carboxylic acids is 1. The molecule has 5 nitrogen and oxygen atoms in total. The van der Waals surface area contributed by atoms with Crippen LogP contribution in [0.2, 0.25) is 0 Å². The summed E-state index contributed by atoms with van der Waals surface area (Å²) in [6, 6.07) is 10.3. The molecule has 2 heterocycles. The lowest BCUT2D eigenvalue weighted by Crippen LogP contribution is -2.37. The van der Waals surface area contributed by atoms with Crippen molar-refractivity contribution in [2.24, 2.45) is 0 Å². The molecule has 0 spiro atoms. The molecule has 144 valence electrons. The van der Waals surface area contributed by atoms with Crippen molar-refractivity contribution in [1.82, 2.24) is 9.88 Å². The van der Waals surface area contributed by atoms with E-state index in [2.05, 4.69) is 23.2 Å². The molecule has 1 aliphatic heterocycles. The molecule has 0 bridgehead atoms. The van der Waals surface area contributed by atoms with E-state index < -0.39 is 5.60 Å². The topological polar surface area (TPSA) is 51.7 Å². The molecule has 0 aliphatic carbocycles. The van der Waals surface area contributed by atoms with Crippen molar-refractivity contribution in [3.05, 3.63) is 47.8 Å². The van der Waals surface area contributed by atoms with Gasteiger partial charge in [-0.25, -0.2) is 4.79 Å². The summed E-state index contributed by atoms with van der Waals surface area (Å²) >= 11 is 0. The summed E-state index contributed by atoms with van der Waals surface area (Å²) in [4.78, 5) is 18.4. The summed E-state index contributed by atoms with van der Waals surface area (Å²) in [7, 11) is 1.79. The van der Waals surface area contributed by atoms with Crippen molar-refractivity contribution < 1.29 is 14.3 Å². The maximum atomic E-state index is 12.3. The average molecular weight is 368 g/mol. The molecule has 0 radical (unpaired) electrons. The number of rotatable bonds is 3. The molecule has 2 aromatic rings. The lowest BCUT2D eigenvalue weighted by Gasteiger charge is -2.31. The number of benzene rings is 1. The average Bonchev–Trinajstić information content (AvgIpc) is 2.61. The highest BCUT2D eigenvalue weighted by Crippen LogP contribution is 2.41. The van der Waals surface area contributed by atoms with E-state index in [9.17, 15) is 4.79 Å². The van der Waals surface area contributed by atoms with Crippen LogP contribution in [0.3, 0.4) is 0 Å². The highest BCUT2D eigenvalue weighted by atomic mass is 16.6. The largest absolute Gasteiger partial charge is 0.493 e. The molecule has 0 saturated carbocycles. The van der Waals surface area contributed by atoms with Gasteiger partial charge < -0.3 is 14.4 Å². The Labute approximate surface area is 161 Å². The van der Waals surface area contributed by atoms with E-state index in [1.54, 1.807) is 11.9 Å². The number of amides is 1. The fraction of sp³-hybridized carbons (Fsp3) is 0.455. The fourth-order valence-corrected chi connectivity index (χ4v) is 3.29. The first kappa shape index (κ1) is 19.2. The molecule has 0 N–H and O–H groups in total. The normalized spacial score (nSPS) is 16.3. The van der Waals surface area contributed by atoms with Gasteiger partial charge in [-0.05, 0) is 45.7 Å². The van der Waals surface area contributed by atoms with Crippen LogP contribution >= 0.6 is 0 Å². The molecular formula is C22H28N2O3. The number of pyridine rings is 1. The van der Waals surface area contributed by atoms with Gasteiger partial charge in [0.05, 0.1) is 6.61 Å². The molecule has 3 rings (SSSR count). The van der Waals surface area contributed by atoms with Crippen molar-refractivity contribution in [1.29, 1.82) is 0 Å². The molecule has 0 saturated heterocycles. The second-order valence-corrected chi connectivity index (χ2v) is 8.11. The van der Waals surface area contributed by atoms with Gasteiger partial charge in [0.15, 0.2) is 0 Å². The first-order chi connectivity index (χ1) is 12.7. The Hall–Kier alpha value is -2.56. The quantitative estimate of drug-likeness (QED) is 0.782. The van der Waals surface area contributed by atoms with Crippen LogP contribution in [0.4, 0.5) is 4.79 Å².